The van der Waals surface area contributed by atoms with Crippen LogP contribution in [0.25, 0.3) is 0 Å². The largest absolute Gasteiger partial charge is 0.465 e. The molecule has 2 amide bonds. The minimum atomic E-state index is -0.499. The van der Waals surface area contributed by atoms with Crippen LogP contribution in [0.3, 0.4) is 0 Å². The average molecular weight is 352 g/mol. The fourth-order valence-electron chi connectivity index (χ4n) is 2.59. The Morgan fingerprint density at radius 2 is 1.58 bits per heavy atom. The topological polar surface area (TPSA) is 84.5 Å². The maximum atomic E-state index is 12.5. The molecule has 1 aliphatic carbocycles. The molecule has 2 N–H and O–H groups in total. The van der Waals surface area contributed by atoms with Gasteiger partial charge in [0.1, 0.15) is 0 Å². The van der Waals surface area contributed by atoms with Crippen molar-refractivity contribution in [3.63, 3.8) is 0 Å². The van der Waals surface area contributed by atoms with Gasteiger partial charge in [0.05, 0.1) is 12.7 Å². The normalized spacial score (nSPS) is 13.0. The molecule has 2 aromatic carbocycles. The van der Waals surface area contributed by atoms with Gasteiger partial charge in [-0.2, -0.15) is 0 Å². The quantitative estimate of drug-likeness (QED) is 0.808. The second kappa shape index (κ2) is 7.39. The number of esters is 1. The standard InChI is InChI=1S/C20H20N2O4/c1-12-16(21-18(23)13-9-10-13)7-4-8-17(12)22-19(24)14-5-3-6-15(11-14)20(25)26-2/h3-8,11,13H,9-10H2,1-2H3,(H,21,23)(H,22,24). The molecule has 0 atom stereocenters. The van der Waals surface area contributed by atoms with Gasteiger partial charge in [0.15, 0.2) is 0 Å². The lowest BCUT2D eigenvalue weighted by molar-refractivity contribution is -0.117. The first kappa shape index (κ1) is 17.7. The van der Waals surface area contributed by atoms with Gasteiger partial charge in [-0.25, -0.2) is 4.79 Å². The van der Waals surface area contributed by atoms with Gasteiger partial charge < -0.3 is 15.4 Å². The maximum absolute atomic E-state index is 12.5. The highest BCUT2D eigenvalue weighted by atomic mass is 16.5. The van der Waals surface area contributed by atoms with E-state index in [1.165, 1.54) is 13.2 Å². The van der Waals surface area contributed by atoms with Crippen LogP contribution in [0.4, 0.5) is 11.4 Å². The van der Waals surface area contributed by atoms with Crippen LogP contribution in [0.15, 0.2) is 42.5 Å². The second-order valence-corrected chi connectivity index (χ2v) is 6.27. The molecule has 0 spiro atoms. The predicted octanol–water partition coefficient (Wildman–Crippen LogP) is 3.38. The number of amides is 2. The molecule has 0 aromatic heterocycles. The fourth-order valence-corrected chi connectivity index (χ4v) is 2.59. The number of carbonyl (C=O) groups is 3. The molecule has 0 bridgehead atoms. The number of nitrogens with one attached hydrogen (secondary N) is 2. The van der Waals surface area contributed by atoms with Gasteiger partial charge in [0.25, 0.3) is 5.91 Å². The van der Waals surface area contributed by atoms with Crippen LogP contribution in [-0.4, -0.2) is 24.9 Å². The monoisotopic (exact) mass is 352 g/mol. The number of rotatable bonds is 5. The number of carbonyl (C=O) groups excluding carboxylic acids is 3. The van der Waals surface area contributed by atoms with Crippen LogP contribution >= 0.6 is 0 Å². The highest BCUT2D eigenvalue weighted by molar-refractivity contribution is 6.06. The Kier molecular flexibility index (Phi) is 5.02. The van der Waals surface area contributed by atoms with Gasteiger partial charge in [-0.3, -0.25) is 9.59 Å². The van der Waals surface area contributed by atoms with Crippen LogP contribution in [0, 0.1) is 12.8 Å². The molecule has 3 rings (SSSR count). The number of hydrogen-bond acceptors (Lipinski definition) is 4. The van der Waals surface area contributed by atoms with Crippen molar-refractivity contribution >= 4 is 29.2 Å². The zero-order chi connectivity index (χ0) is 18.7. The zero-order valence-electron chi connectivity index (χ0n) is 14.7. The summed E-state index contributed by atoms with van der Waals surface area (Å²) in [6.07, 6.45) is 1.86. The van der Waals surface area contributed by atoms with Gasteiger partial charge in [0, 0.05) is 22.9 Å². The zero-order valence-corrected chi connectivity index (χ0v) is 14.7. The summed E-state index contributed by atoms with van der Waals surface area (Å²) in [5.74, 6) is -0.721. The first-order chi connectivity index (χ1) is 12.5. The van der Waals surface area contributed by atoms with E-state index in [1.807, 2.05) is 13.0 Å². The Balaban J connectivity index is 1.77. The van der Waals surface area contributed by atoms with E-state index in [0.717, 1.165) is 18.4 Å². The Bertz CT molecular complexity index is 872. The highest BCUT2D eigenvalue weighted by Crippen LogP contribution is 2.31. The van der Waals surface area contributed by atoms with Crippen molar-refractivity contribution in [2.75, 3.05) is 17.7 Å². The number of ether oxygens (including phenoxy) is 1. The summed E-state index contributed by atoms with van der Waals surface area (Å²) in [4.78, 5) is 36.1. The molecular weight excluding hydrogens is 332 g/mol. The number of anilines is 2. The molecule has 0 aliphatic heterocycles. The van der Waals surface area contributed by atoms with Crippen LogP contribution in [0.5, 0.6) is 0 Å². The van der Waals surface area contributed by atoms with Gasteiger partial charge in [-0.1, -0.05) is 12.1 Å². The van der Waals surface area contributed by atoms with E-state index >= 15 is 0 Å². The molecule has 1 aliphatic rings. The smallest absolute Gasteiger partial charge is 0.337 e. The molecule has 2 aromatic rings. The molecule has 6 nitrogen and oxygen atoms in total. The molecule has 26 heavy (non-hydrogen) atoms. The summed E-state index contributed by atoms with van der Waals surface area (Å²) >= 11 is 0. The minimum absolute atomic E-state index is 0.0161. The molecular formula is C20H20N2O4. The number of benzene rings is 2. The highest BCUT2D eigenvalue weighted by Gasteiger charge is 2.29. The van der Waals surface area contributed by atoms with Crippen molar-refractivity contribution in [1.82, 2.24) is 0 Å². The summed E-state index contributed by atoms with van der Waals surface area (Å²) < 4.78 is 4.67. The lowest BCUT2D eigenvalue weighted by Crippen LogP contribution is -2.17. The Labute approximate surface area is 151 Å². The maximum Gasteiger partial charge on any atom is 0.337 e. The SMILES string of the molecule is COC(=O)c1cccc(C(=O)Nc2cccc(NC(=O)C3CC3)c2C)c1. The molecule has 1 fully saturated rings. The third-order valence-corrected chi connectivity index (χ3v) is 4.33. The van der Waals surface area contributed by atoms with Crippen LogP contribution in [0.2, 0.25) is 0 Å². The van der Waals surface area contributed by atoms with Crippen molar-refractivity contribution in [1.29, 1.82) is 0 Å². The third-order valence-electron chi connectivity index (χ3n) is 4.33. The van der Waals surface area contributed by atoms with E-state index in [1.54, 1.807) is 30.3 Å². The summed E-state index contributed by atoms with van der Waals surface area (Å²) in [5, 5.41) is 5.73. The summed E-state index contributed by atoms with van der Waals surface area (Å²) in [6, 6.07) is 11.7. The molecule has 0 radical (unpaired) electrons. The van der Waals surface area contributed by atoms with Gasteiger partial charge >= 0.3 is 5.97 Å². The van der Waals surface area contributed by atoms with Crippen molar-refractivity contribution in [2.45, 2.75) is 19.8 Å². The number of methoxy groups -OCH3 is 1. The van der Waals surface area contributed by atoms with Gasteiger partial charge in [0.2, 0.25) is 5.91 Å². The number of hydrogen-bond donors (Lipinski definition) is 2. The van der Waals surface area contributed by atoms with E-state index in [4.69, 9.17) is 0 Å². The Hall–Kier alpha value is -3.15. The van der Waals surface area contributed by atoms with Gasteiger partial charge in [-0.15, -0.1) is 0 Å². The molecule has 0 heterocycles. The van der Waals surface area contributed by atoms with E-state index in [0.29, 0.717) is 22.5 Å². The second-order valence-electron chi connectivity index (χ2n) is 6.27. The molecule has 1 saturated carbocycles. The molecule has 0 unspecified atom stereocenters. The van der Waals surface area contributed by atoms with E-state index in [2.05, 4.69) is 15.4 Å². The van der Waals surface area contributed by atoms with Crippen LogP contribution < -0.4 is 10.6 Å². The van der Waals surface area contributed by atoms with Crippen molar-refractivity contribution in [3.8, 4) is 0 Å². The Morgan fingerprint density at radius 1 is 0.962 bits per heavy atom. The lowest BCUT2D eigenvalue weighted by Gasteiger charge is -2.13. The van der Waals surface area contributed by atoms with Crippen LogP contribution in [-0.2, 0) is 9.53 Å². The van der Waals surface area contributed by atoms with Crippen molar-refractivity contribution < 1.29 is 19.1 Å². The predicted molar refractivity (Wildman–Crippen MR) is 98.3 cm³/mol. The third kappa shape index (κ3) is 3.91. The summed E-state index contributed by atoms with van der Waals surface area (Å²) in [5.41, 5.74) is 2.72. The summed E-state index contributed by atoms with van der Waals surface area (Å²) in [7, 11) is 1.29. The van der Waals surface area contributed by atoms with E-state index in [9.17, 15) is 14.4 Å². The van der Waals surface area contributed by atoms with E-state index < -0.39 is 5.97 Å². The molecule has 134 valence electrons. The first-order valence-electron chi connectivity index (χ1n) is 8.40. The molecule has 6 heteroatoms. The molecule has 0 saturated heterocycles. The van der Waals surface area contributed by atoms with Crippen molar-refractivity contribution in [3.05, 3.63) is 59.2 Å². The van der Waals surface area contributed by atoms with Crippen LogP contribution in [0.1, 0.15) is 39.1 Å². The Morgan fingerprint density at radius 3 is 2.23 bits per heavy atom. The first-order valence-corrected chi connectivity index (χ1v) is 8.40. The average Bonchev–Trinajstić information content (AvgIpc) is 3.49. The minimum Gasteiger partial charge on any atom is -0.465 e. The lowest BCUT2D eigenvalue weighted by atomic mass is 10.1. The summed E-state index contributed by atoms with van der Waals surface area (Å²) in [6.45, 7) is 1.84. The fraction of sp³-hybridized carbons (Fsp3) is 0.250. The van der Waals surface area contributed by atoms with Gasteiger partial charge in [-0.05, 0) is 55.7 Å². The van der Waals surface area contributed by atoms with Crippen molar-refractivity contribution in [2.24, 2.45) is 5.92 Å². The van der Waals surface area contributed by atoms with E-state index in [-0.39, 0.29) is 17.7 Å².